The van der Waals surface area contributed by atoms with Gasteiger partial charge in [-0.15, -0.1) is 0 Å². The Labute approximate surface area is 202 Å². The number of anilines is 1. The first-order valence-corrected chi connectivity index (χ1v) is 11.7. The predicted octanol–water partition coefficient (Wildman–Crippen LogP) is 4.84. The quantitative estimate of drug-likeness (QED) is 0.507. The number of fused-ring (bicyclic) bond motifs is 1. The number of aromatic nitrogens is 6. The number of allylic oxidation sites excluding steroid dienone is 1. The first-order chi connectivity index (χ1) is 16.6. The molecule has 4 heterocycles. The van der Waals surface area contributed by atoms with Crippen molar-refractivity contribution in [3.63, 3.8) is 0 Å². The van der Waals surface area contributed by atoms with Crippen molar-refractivity contribution in [3.05, 3.63) is 42.1 Å². The maximum absolute atomic E-state index is 12.7. The van der Waals surface area contributed by atoms with Gasteiger partial charge in [0.25, 0.3) is 0 Å². The Morgan fingerprint density at radius 1 is 1.14 bits per heavy atom. The molecule has 2 aliphatic rings. The Morgan fingerprint density at radius 2 is 1.89 bits per heavy atom. The van der Waals surface area contributed by atoms with Crippen LogP contribution in [0.25, 0.3) is 16.7 Å². The molecule has 3 aromatic rings. The van der Waals surface area contributed by atoms with Crippen LogP contribution in [-0.4, -0.2) is 61.7 Å². The van der Waals surface area contributed by atoms with E-state index in [-0.39, 0.29) is 18.1 Å². The summed E-state index contributed by atoms with van der Waals surface area (Å²) in [5, 5.41) is 4.09. The molecule has 1 aliphatic heterocycles. The number of hydrogen-bond donors (Lipinski definition) is 0. The molecule has 0 aromatic carbocycles. The average Bonchev–Trinajstić information content (AvgIpc) is 3.51. The highest BCUT2D eigenvalue weighted by Gasteiger charge is 2.28. The second-order valence-corrected chi connectivity index (χ2v) is 9.00. The van der Waals surface area contributed by atoms with E-state index in [1.54, 1.807) is 6.92 Å². The van der Waals surface area contributed by atoms with Crippen molar-refractivity contribution < 1.29 is 17.9 Å². The summed E-state index contributed by atoms with van der Waals surface area (Å²) in [7, 11) is 0. The summed E-state index contributed by atoms with van der Waals surface area (Å²) in [6, 6.07) is 2.71. The molecule has 3 aromatic heterocycles. The molecule has 1 saturated carbocycles. The molecule has 0 N–H and O–H groups in total. The highest BCUT2D eigenvalue weighted by molar-refractivity contribution is 5.85. The first-order valence-electron chi connectivity index (χ1n) is 11.7. The summed E-state index contributed by atoms with van der Waals surface area (Å²) in [4.78, 5) is 19.9. The van der Waals surface area contributed by atoms with Crippen LogP contribution in [0.2, 0.25) is 0 Å². The lowest BCUT2D eigenvalue weighted by atomic mass is 10.1. The second kappa shape index (κ2) is 10.3. The van der Waals surface area contributed by atoms with E-state index in [2.05, 4.69) is 31.6 Å². The van der Waals surface area contributed by atoms with Crippen molar-refractivity contribution in [1.29, 1.82) is 0 Å². The lowest BCUT2D eigenvalue weighted by Gasteiger charge is -2.31. The van der Waals surface area contributed by atoms with E-state index in [4.69, 9.17) is 4.74 Å². The molecule has 0 amide bonds. The van der Waals surface area contributed by atoms with Crippen molar-refractivity contribution in [3.8, 4) is 0 Å². The van der Waals surface area contributed by atoms with Gasteiger partial charge in [-0.3, -0.25) is 4.68 Å². The number of rotatable bonds is 5. The number of hydrogen-bond acceptors (Lipinski definition) is 7. The second-order valence-electron chi connectivity index (χ2n) is 9.00. The molecule has 11 heteroatoms. The maximum Gasteiger partial charge on any atom is 0.389 e. The molecule has 8 nitrogen and oxygen atoms in total. The standard InChI is InChI=1S/C18H22F3N5O.C6H8N2/c1-10(5-6-18(19,20)21)14-15-16(23-13(4)12(3)22-15)25-17(24-14)26-7-8-27-11(2)9-26;1-4-7-8(5-1)6-2-3-6/h11H,1,5-9H2,2-4H3;1,4-6H,2-3H2. The van der Waals surface area contributed by atoms with Gasteiger partial charge in [0.2, 0.25) is 5.95 Å². The molecule has 1 unspecified atom stereocenters. The van der Waals surface area contributed by atoms with Crippen LogP contribution in [0.5, 0.6) is 0 Å². The van der Waals surface area contributed by atoms with E-state index in [0.29, 0.717) is 53.9 Å². The number of nitrogens with zero attached hydrogens (tertiary/aromatic N) is 7. The van der Waals surface area contributed by atoms with Crippen molar-refractivity contribution >= 4 is 22.7 Å². The van der Waals surface area contributed by atoms with Gasteiger partial charge in [-0.2, -0.15) is 23.3 Å². The van der Waals surface area contributed by atoms with Crippen LogP contribution in [0.1, 0.15) is 55.7 Å². The molecule has 35 heavy (non-hydrogen) atoms. The number of morpholine rings is 1. The van der Waals surface area contributed by atoms with Crippen LogP contribution >= 0.6 is 0 Å². The molecular weight excluding hydrogens is 459 g/mol. The van der Waals surface area contributed by atoms with Crippen LogP contribution in [0, 0.1) is 13.8 Å². The Kier molecular flexibility index (Phi) is 7.34. The van der Waals surface area contributed by atoms with Crippen molar-refractivity contribution in [2.24, 2.45) is 0 Å². The van der Waals surface area contributed by atoms with E-state index in [9.17, 15) is 13.2 Å². The minimum atomic E-state index is -4.26. The molecule has 2 fully saturated rings. The van der Waals surface area contributed by atoms with E-state index < -0.39 is 12.6 Å². The van der Waals surface area contributed by atoms with Gasteiger partial charge in [-0.05, 0) is 51.7 Å². The molecule has 0 radical (unpaired) electrons. The lowest BCUT2D eigenvalue weighted by Crippen LogP contribution is -2.42. The summed E-state index contributed by atoms with van der Waals surface area (Å²) >= 11 is 0. The maximum atomic E-state index is 12.7. The molecule has 0 bridgehead atoms. The first kappa shape index (κ1) is 25.0. The summed E-state index contributed by atoms with van der Waals surface area (Å²) in [6.45, 7) is 11.1. The summed E-state index contributed by atoms with van der Waals surface area (Å²) in [5.41, 5.74) is 2.76. The minimum Gasteiger partial charge on any atom is -0.375 e. The van der Waals surface area contributed by atoms with Gasteiger partial charge in [0.1, 0.15) is 5.52 Å². The fourth-order valence-corrected chi connectivity index (χ4v) is 3.74. The fraction of sp³-hybridized carbons (Fsp3) is 0.542. The van der Waals surface area contributed by atoms with E-state index in [1.165, 1.54) is 12.8 Å². The normalized spacial score (nSPS) is 18.3. The molecule has 1 saturated heterocycles. The van der Waals surface area contributed by atoms with Gasteiger partial charge in [-0.1, -0.05) is 6.58 Å². The van der Waals surface area contributed by atoms with Gasteiger partial charge in [0.05, 0.1) is 35.8 Å². The summed E-state index contributed by atoms with van der Waals surface area (Å²) in [5.74, 6) is 0.415. The van der Waals surface area contributed by atoms with Crippen LogP contribution in [0.3, 0.4) is 0 Å². The van der Waals surface area contributed by atoms with Gasteiger partial charge >= 0.3 is 6.18 Å². The van der Waals surface area contributed by atoms with Gasteiger partial charge in [0, 0.05) is 31.9 Å². The van der Waals surface area contributed by atoms with Crippen LogP contribution in [0.15, 0.2) is 25.0 Å². The number of alkyl halides is 3. The highest BCUT2D eigenvalue weighted by Crippen LogP contribution is 2.33. The number of ether oxygens (including phenoxy) is 1. The third-order valence-electron chi connectivity index (χ3n) is 5.95. The SMILES string of the molecule is C=C(CCC(F)(F)F)c1nc(N2CCOC(C)C2)nc2nc(C)c(C)nc12.c1cnn(C2CC2)c1. The highest BCUT2D eigenvalue weighted by atomic mass is 19.4. The topological polar surface area (TPSA) is 81.8 Å². The molecule has 5 rings (SSSR count). The molecule has 1 aliphatic carbocycles. The van der Waals surface area contributed by atoms with Crippen molar-refractivity contribution in [2.75, 3.05) is 24.6 Å². The third kappa shape index (κ3) is 6.53. The zero-order chi connectivity index (χ0) is 25.2. The van der Waals surface area contributed by atoms with Gasteiger partial charge in [-0.25, -0.2) is 15.0 Å². The molecule has 1 atom stereocenters. The van der Waals surface area contributed by atoms with Crippen molar-refractivity contribution in [1.82, 2.24) is 29.7 Å². The summed E-state index contributed by atoms with van der Waals surface area (Å²) < 4.78 is 45.5. The Bertz CT molecular complexity index is 1180. The Hall–Kier alpha value is -3.08. The van der Waals surface area contributed by atoms with E-state index in [1.807, 2.05) is 41.9 Å². The Balaban J connectivity index is 0.000000301. The zero-order valence-corrected chi connectivity index (χ0v) is 20.2. The number of aryl methyl sites for hydroxylation is 2. The van der Waals surface area contributed by atoms with Gasteiger partial charge < -0.3 is 9.64 Å². The van der Waals surface area contributed by atoms with Gasteiger partial charge in [0.15, 0.2) is 5.65 Å². The van der Waals surface area contributed by atoms with Crippen LogP contribution < -0.4 is 4.90 Å². The molecular formula is C24H30F3N7O. The lowest BCUT2D eigenvalue weighted by molar-refractivity contribution is -0.133. The number of halogens is 3. The fourth-order valence-electron chi connectivity index (χ4n) is 3.74. The largest absolute Gasteiger partial charge is 0.389 e. The summed E-state index contributed by atoms with van der Waals surface area (Å²) in [6.07, 6.45) is 1.05. The molecule has 188 valence electrons. The average molecular weight is 490 g/mol. The van der Waals surface area contributed by atoms with Crippen LogP contribution in [0.4, 0.5) is 19.1 Å². The van der Waals surface area contributed by atoms with Crippen molar-refractivity contribution in [2.45, 2.75) is 64.8 Å². The smallest absolute Gasteiger partial charge is 0.375 e. The van der Waals surface area contributed by atoms with Crippen LogP contribution in [-0.2, 0) is 4.74 Å². The molecule has 0 spiro atoms. The predicted molar refractivity (Wildman–Crippen MR) is 127 cm³/mol. The third-order valence-corrected chi connectivity index (χ3v) is 5.95. The van der Waals surface area contributed by atoms with E-state index >= 15 is 0 Å². The van der Waals surface area contributed by atoms with E-state index in [0.717, 1.165) is 6.04 Å². The Morgan fingerprint density at radius 3 is 2.51 bits per heavy atom. The minimum absolute atomic E-state index is 0.0146. The zero-order valence-electron chi connectivity index (χ0n) is 20.2. The monoisotopic (exact) mass is 489 g/mol.